The second-order valence-corrected chi connectivity index (χ2v) is 17.2. The Balaban J connectivity index is -0.000000161. The van der Waals surface area contributed by atoms with E-state index in [4.69, 9.17) is 78.9 Å². The average Bonchev–Trinajstić information content (AvgIpc) is 2.19. The van der Waals surface area contributed by atoms with Gasteiger partial charge in [-0.05, 0) is 0 Å². The van der Waals surface area contributed by atoms with Gasteiger partial charge in [0.25, 0.3) is 0 Å². The van der Waals surface area contributed by atoms with Gasteiger partial charge in [0.1, 0.15) is 0 Å². The molecule has 0 spiro atoms. The summed E-state index contributed by atoms with van der Waals surface area (Å²) < 4.78 is 0. The number of benzene rings is 1. The average molecular weight is 464 g/mol. The predicted octanol–water partition coefficient (Wildman–Crippen LogP) is 6.44. The van der Waals surface area contributed by atoms with Crippen molar-refractivity contribution < 1.29 is 17.0 Å². The largest absolute Gasteiger partial charge is 0.0623 e. The van der Waals surface area contributed by atoms with Crippen molar-refractivity contribution in [2.75, 3.05) is 0 Å². The summed E-state index contributed by atoms with van der Waals surface area (Å²) >= 11 is -4.00. The molecule has 0 unspecified atom stereocenters. The second-order valence-electron chi connectivity index (χ2n) is 1.72. The molecule has 1 aromatic carbocycles. The number of hydrogen-bond donors (Lipinski definition) is 0. The molecule has 0 aliphatic carbocycles. The Morgan fingerprint density at radius 3 is 0.647 bits per heavy atom. The van der Waals surface area contributed by atoms with E-state index in [9.17, 15) is 0 Å². The van der Waals surface area contributed by atoms with E-state index < -0.39 is 39.8 Å². The number of rotatable bonds is 0. The first-order chi connectivity index (χ1) is 7.88. The number of halogens is 8. The standard InChI is InChI=1S/C6H6.2Al.8ClH.Ti/c1-2-4-6-5-3-1;;;;;;;;;;;/h1-6H;;;8*1H;/q;2*+3;;;;;;;;;+2/p-8. The smallest absolute Gasteiger partial charge is 0.0623 e. The number of hydrogen-bond acceptors (Lipinski definition) is 0. The van der Waals surface area contributed by atoms with Crippen LogP contribution >= 0.6 is 78.9 Å². The molecule has 0 aliphatic rings. The fraction of sp³-hybridized carbons (Fsp3) is 0. The van der Waals surface area contributed by atoms with Gasteiger partial charge in [0.2, 0.25) is 0 Å². The molecule has 0 N–H and O–H groups in total. The first kappa shape index (κ1) is 25.3. The Hall–Kier alpha value is 3.32. The van der Waals surface area contributed by atoms with Crippen molar-refractivity contribution >= 4 is 102 Å². The molecule has 0 saturated carbocycles. The molecule has 0 atom stereocenters. The summed E-state index contributed by atoms with van der Waals surface area (Å²) in [5.41, 5.74) is 0. The van der Waals surface area contributed by atoms with Gasteiger partial charge in [-0.25, -0.2) is 60.3 Å². The third kappa shape index (κ3) is 66.7. The monoisotopic (exact) mass is 460 g/mol. The van der Waals surface area contributed by atoms with E-state index in [1.54, 1.807) is 0 Å². The van der Waals surface area contributed by atoms with E-state index in [-0.39, 0.29) is 0 Å². The van der Waals surface area contributed by atoms with E-state index in [0.29, 0.717) is 0 Å². The molecule has 0 aromatic heterocycles. The molecule has 0 saturated heterocycles. The van der Waals surface area contributed by atoms with Crippen LogP contribution in [0.1, 0.15) is 0 Å². The van der Waals surface area contributed by atoms with Crippen LogP contribution in [0.5, 0.6) is 0 Å². The van der Waals surface area contributed by atoms with E-state index in [0.717, 1.165) is 0 Å². The molecule has 0 heterocycles. The van der Waals surface area contributed by atoms with Crippen LogP contribution in [-0.4, -0.2) is 22.8 Å². The zero-order valence-electron chi connectivity index (χ0n) is 8.14. The summed E-state index contributed by atoms with van der Waals surface area (Å²) in [5, 5.41) is 0. The summed E-state index contributed by atoms with van der Waals surface area (Å²) in [6.07, 6.45) is 0. The summed E-state index contributed by atoms with van der Waals surface area (Å²) in [6.45, 7) is 0. The SMILES string of the molecule is [Cl][Al]([Cl])[Cl].[Cl][Al]([Cl])[Cl].[Cl][Ti][Cl].c1ccccc1. The van der Waals surface area contributed by atoms with E-state index in [2.05, 4.69) is 0 Å². The molecule has 0 fully saturated rings. The van der Waals surface area contributed by atoms with Crippen LogP contribution < -0.4 is 0 Å². The van der Waals surface area contributed by atoms with Crippen LogP contribution in [-0.2, 0) is 17.0 Å². The van der Waals surface area contributed by atoms with Crippen LogP contribution in [0, 0.1) is 0 Å². The van der Waals surface area contributed by atoms with Crippen molar-refractivity contribution in [2.45, 2.75) is 0 Å². The zero-order chi connectivity index (χ0) is 14.1. The Labute approximate surface area is 152 Å². The van der Waals surface area contributed by atoms with Gasteiger partial charge in [-0.3, -0.25) is 0 Å². The molecule has 0 aliphatic heterocycles. The van der Waals surface area contributed by atoms with Crippen LogP contribution in [0.15, 0.2) is 36.4 Å². The third-order valence-electron chi connectivity index (χ3n) is 0.667. The quantitative estimate of drug-likeness (QED) is 0.389. The third-order valence-corrected chi connectivity index (χ3v) is 0.667. The maximum Gasteiger partial charge on any atom is -0.0623 e. The summed E-state index contributed by atoms with van der Waals surface area (Å²) in [5.74, 6) is 0. The van der Waals surface area contributed by atoms with Crippen molar-refractivity contribution in [1.29, 1.82) is 0 Å². The predicted molar refractivity (Wildman–Crippen MR) is 84.8 cm³/mol. The topological polar surface area (TPSA) is 0 Å². The molecule has 0 amide bonds. The molecule has 0 nitrogen and oxygen atoms in total. The van der Waals surface area contributed by atoms with Gasteiger partial charge >= 0.3 is 58.4 Å². The fourth-order valence-corrected chi connectivity index (χ4v) is 0.385. The Morgan fingerprint density at radius 1 is 0.529 bits per heavy atom. The minimum absolute atomic E-state index is 0.556. The molecule has 0 bridgehead atoms. The van der Waals surface area contributed by atoms with Gasteiger partial charge in [-0.1, -0.05) is 36.4 Å². The van der Waals surface area contributed by atoms with Crippen molar-refractivity contribution in [3.8, 4) is 0 Å². The minimum Gasteiger partial charge on any atom is -0.0623 e. The molecule has 0 radical (unpaired) electrons. The molecular formula is C6H6Al2Cl8Ti. The molecule has 1 rings (SSSR count). The molecule has 11 heteroatoms. The van der Waals surface area contributed by atoms with Gasteiger partial charge in [0.15, 0.2) is 0 Å². The molecule has 1 aromatic rings. The molecule has 17 heavy (non-hydrogen) atoms. The van der Waals surface area contributed by atoms with Crippen LogP contribution in [0.3, 0.4) is 0 Å². The van der Waals surface area contributed by atoms with E-state index >= 15 is 0 Å². The van der Waals surface area contributed by atoms with Crippen molar-refractivity contribution in [2.24, 2.45) is 0 Å². The van der Waals surface area contributed by atoms with Crippen molar-refractivity contribution in [3.05, 3.63) is 36.4 Å². The maximum absolute atomic E-state index is 4.94. The maximum atomic E-state index is 4.94. The summed E-state index contributed by atoms with van der Waals surface area (Å²) in [7, 11) is 39.4. The minimum atomic E-state index is -1.72. The fourth-order valence-electron chi connectivity index (χ4n) is 0.385. The first-order valence-electron chi connectivity index (χ1n) is 3.69. The Kier molecular flexibility index (Phi) is 36.2. The summed E-state index contributed by atoms with van der Waals surface area (Å²) in [4.78, 5) is 0. The van der Waals surface area contributed by atoms with Gasteiger partial charge in [0.05, 0.1) is 0 Å². The van der Waals surface area contributed by atoms with Gasteiger partial charge < -0.3 is 0 Å². The van der Waals surface area contributed by atoms with Crippen LogP contribution in [0.25, 0.3) is 0 Å². The van der Waals surface area contributed by atoms with Crippen LogP contribution in [0.4, 0.5) is 0 Å². The van der Waals surface area contributed by atoms with Gasteiger partial charge in [-0.2, -0.15) is 0 Å². The van der Waals surface area contributed by atoms with Crippen molar-refractivity contribution in [1.82, 2.24) is 0 Å². The molecular weight excluding hydrogens is 458 g/mol. The van der Waals surface area contributed by atoms with E-state index in [1.165, 1.54) is 0 Å². The Morgan fingerprint density at radius 2 is 0.588 bits per heavy atom. The first-order valence-corrected chi connectivity index (χ1v) is 18.5. The second kappa shape index (κ2) is 24.3. The zero-order valence-corrected chi connectivity index (χ0v) is 18.1. The molecule has 96 valence electrons. The van der Waals surface area contributed by atoms with Crippen molar-refractivity contribution in [3.63, 3.8) is 0 Å². The van der Waals surface area contributed by atoms with Gasteiger partial charge in [0, 0.05) is 0 Å². The normalized spacial score (nSPS) is 6.82. The Bertz CT molecular complexity index is 164. The summed E-state index contributed by atoms with van der Waals surface area (Å²) in [6, 6.07) is 12.0. The van der Waals surface area contributed by atoms with E-state index in [1.807, 2.05) is 36.4 Å². The van der Waals surface area contributed by atoms with Gasteiger partial charge in [-0.15, -0.1) is 0 Å². The van der Waals surface area contributed by atoms with Crippen LogP contribution in [0.2, 0.25) is 0 Å².